The Morgan fingerprint density at radius 3 is 2.74 bits per heavy atom. The van der Waals surface area contributed by atoms with Crippen LogP contribution in [-0.2, 0) is 9.53 Å². The standard InChI is InChI=1S/C12H17N3O3S/c1-8(16)13-12-14-10(7-19-12)11(17)15-5-3-9(18-2)4-6-15/h7,9H,3-6H2,1-2H3,(H,13,14,16). The van der Waals surface area contributed by atoms with E-state index in [9.17, 15) is 9.59 Å². The van der Waals surface area contributed by atoms with Crippen molar-refractivity contribution in [2.75, 3.05) is 25.5 Å². The van der Waals surface area contributed by atoms with Crippen LogP contribution in [-0.4, -0.2) is 48.0 Å². The maximum absolute atomic E-state index is 12.2. The Morgan fingerprint density at radius 1 is 1.47 bits per heavy atom. The molecule has 1 N–H and O–H groups in total. The number of anilines is 1. The Morgan fingerprint density at radius 2 is 2.16 bits per heavy atom. The Kier molecular flexibility index (Phi) is 4.49. The molecule has 2 heterocycles. The molecule has 1 fully saturated rings. The SMILES string of the molecule is COC1CCN(C(=O)c2csc(NC(C)=O)n2)CC1. The van der Waals surface area contributed by atoms with Gasteiger partial charge in [0.1, 0.15) is 5.69 Å². The third-order valence-corrected chi connectivity index (χ3v) is 3.83. The number of hydrogen-bond acceptors (Lipinski definition) is 5. The van der Waals surface area contributed by atoms with Crippen molar-refractivity contribution in [1.82, 2.24) is 9.88 Å². The molecule has 6 nitrogen and oxygen atoms in total. The van der Waals surface area contributed by atoms with Crippen LogP contribution in [0.4, 0.5) is 5.13 Å². The van der Waals surface area contributed by atoms with Crippen LogP contribution in [0.25, 0.3) is 0 Å². The normalized spacial score (nSPS) is 16.4. The van der Waals surface area contributed by atoms with Gasteiger partial charge in [0.2, 0.25) is 5.91 Å². The zero-order chi connectivity index (χ0) is 13.8. The Bertz CT molecular complexity index is 467. The lowest BCUT2D eigenvalue weighted by molar-refractivity contribution is -0.114. The molecule has 7 heteroatoms. The maximum Gasteiger partial charge on any atom is 0.273 e. The maximum atomic E-state index is 12.2. The number of carbonyl (C=O) groups excluding carboxylic acids is 2. The largest absolute Gasteiger partial charge is 0.381 e. The first-order chi connectivity index (χ1) is 9.10. The van der Waals surface area contributed by atoms with E-state index in [-0.39, 0.29) is 17.9 Å². The van der Waals surface area contributed by atoms with Crippen molar-refractivity contribution in [3.05, 3.63) is 11.1 Å². The van der Waals surface area contributed by atoms with E-state index in [1.807, 2.05) is 0 Å². The summed E-state index contributed by atoms with van der Waals surface area (Å²) in [6.45, 7) is 2.78. The van der Waals surface area contributed by atoms with Crippen molar-refractivity contribution in [2.45, 2.75) is 25.9 Å². The van der Waals surface area contributed by atoms with Crippen LogP contribution >= 0.6 is 11.3 Å². The van der Waals surface area contributed by atoms with E-state index in [1.165, 1.54) is 18.3 Å². The molecule has 1 saturated heterocycles. The Balaban J connectivity index is 1.96. The number of carbonyl (C=O) groups is 2. The summed E-state index contributed by atoms with van der Waals surface area (Å²) < 4.78 is 5.27. The molecule has 0 aromatic carbocycles. The molecular weight excluding hydrogens is 266 g/mol. The first kappa shape index (κ1) is 14.0. The molecule has 0 atom stereocenters. The molecule has 0 saturated carbocycles. The van der Waals surface area contributed by atoms with Crippen LogP contribution in [0.15, 0.2) is 5.38 Å². The molecule has 19 heavy (non-hydrogen) atoms. The number of nitrogens with one attached hydrogen (secondary N) is 1. The first-order valence-corrected chi connectivity index (χ1v) is 7.03. The fourth-order valence-corrected chi connectivity index (χ4v) is 2.77. The fourth-order valence-electron chi connectivity index (χ4n) is 2.04. The molecule has 0 radical (unpaired) electrons. The highest BCUT2D eigenvalue weighted by molar-refractivity contribution is 7.14. The van der Waals surface area contributed by atoms with Gasteiger partial charge in [0.25, 0.3) is 5.91 Å². The molecule has 0 bridgehead atoms. The molecule has 2 amide bonds. The fraction of sp³-hybridized carbons (Fsp3) is 0.583. The number of rotatable bonds is 3. The molecule has 0 aliphatic carbocycles. The number of thiazole rings is 1. The molecule has 1 aromatic heterocycles. The summed E-state index contributed by atoms with van der Waals surface area (Å²) in [4.78, 5) is 29.0. The van der Waals surface area contributed by atoms with Gasteiger partial charge in [-0.1, -0.05) is 0 Å². The third-order valence-electron chi connectivity index (χ3n) is 3.07. The summed E-state index contributed by atoms with van der Waals surface area (Å²) in [6.07, 6.45) is 1.95. The van der Waals surface area contributed by atoms with E-state index in [2.05, 4.69) is 10.3 Å². The lowest BCUT2D eigenvalue weighted by atomic mass is 10.1. The summed E-state index contributed by atoms with van der Waals surface area (Å²) >= 11 is 1.26. The predicted molar refractivity (Wildman–Crippen MR) is 72.4 cm³/mol. The van der Waals surface area contributed by atoms with Crippen molar-refractivity contribution in [1.29, 1.82) is 0 Å². The van der Waals surface area contributed by atoms with Gasteiger partial charge in [0.15, 0.2) is 5.13 Å². The predicted octanol–water partition coefficient (Wildman–Crippen LogP) is 1.35. The zero-order valence-corrected chi connectivity index (χ0v) is 11.8. The van der Waals surface area contributed by atoms with Gasteiger partial charge < -0.3 is 15.0 Å². The highest BCUT2D eigenvalue weighted by Gasteiger charge is 2.24. The van der Waals surface area contributed by atoms with Gasteiger partial charge in [0, 0.05) is 32.5 Å². The van der Waals surface area contributed by atoms with Gasteiger partial charge >= 0.3 is 0 Å². The minimum Gasteiger partial charge on any atom is -0.381 e. The van der Waals surface area contributed by atoms with E-state index < -0.39 is 0 Å². The monoisotopic (exact) mass is 283 g/mol. The van der Waals surface area contributed by atoms with E-state index in [4.69, 9.17) is 4.74 Å². The van der Waals surface area contributed by atoms with Crippen molar-refractivity contribution < 1.29 is 14.3 Å². The van der Waals surface area contributed by atoms with Crippen LogP contribution in [0.5, 0.6) is 0 Å². The molecule has 2 rings (SSSR count). The first-order valence-electron chi connectivity index (χ1n) is 6.15. The van der Waals surface area contributed by atoms with Crippen molar-refractivity contribution in [3.8, 4) is 0 Å². The minimum absolute atomic E-state index is 0.0811. The molecule has 1 aliphatic rings. The van der Waals surface area contributed by atoms with Crippen LogP contribution in [0.1, 0.15) is 30.3 Å². The lowest BCUT2D eigenvalue weighted by Crippen LogP contribution is -2.40. The lowest BCUT2D eigenvalue weighted by Gasteiger charge is -2.30. The summed E-state index contributed by atoms with van der Waals surface area (Å²) in [6, 6.07) is 0. The van der Waals surface area contributed by atoms with E-state index in [0.717, 1.165) is 12.8 Å². The Hall–Kier alpha value is -1.47. The quantitative estimate of drug-likeness (QED) is 0.909. The number of methoxy groups -OCH3 is 1. The van der Waals surface area contributed by atoms with Crippen LogP contribution in [0, 0.1) is 0 Å². The van der Waals surface area contributed by atoms with Gasteiger partial charge in [-0.05, 0) is 12.8 Å². The summed E-state index contributed by atoms with van der Waals surface area (Å²) in [5.74, 6) is -0.267. The van der Waals surface area contributed by atoms with Gasteiger partial charge in [-0.15, -0.1) is 11.3 Å². The van der Waals surface area contributed by atoms with E-state index in [0.29, 0.717) is 23.9 Å². The summed E-state index contributed by atoms with van der Waals surface area (Å²) in [7, 11) is 1.70. The van der Waals surface area contributed by atoms with Crippen molar-refractivity contribution in [3.63, 3.8) is 0 Å². The number of amides is 2. The zero-order valence-electron chi connectivity index (χ0n) is 11.0. The number of aromatic nitrogens is 1. The van der Waals surface area contributed by atoms with E-state index >= 15 is 0 Å². The molecular formula is C12H17N3O3S. The number of likely N-dealkylation sites (tertiary alicyclic amines) is 1. The van der Waals surface area contributed by atoms with Crippen molar-refractivity contribution >= 4 is 28.3 Å². The molecule has 104 valence electrons. The minimum atomic E-state index is -0.186. The molecule has 1 aliphatic heterocycles. The van der Waals surface area contributed by atoms with Crippen LogP contribution in [0.3, 0.4) is 0 Å². The van der Waals surface area contributed by atoms with Crippen molar-refractivity contribution in [2.24, 2.45) is 0 Å². The molecule has 1 aromatic rings. The number of nitrogens with zero attached hydrogens (tertiary/aromatic N) is 2. The highest BCUT2D eigenvalue weighted by Crippen LogP contribution is 2.19. The number of ether oxygens (including phenoxy) is 1. The van der Waals surface area contributed by atoms with Crippen LogP contribution in [0.2, 0.25) is 0 Å². The van der Waals surface area contributed by atoms with Gasteiger partial charge in [-0.3, -0.25) is 9.59 Å². The van der Waals surface area contributed by atoms with Gasteiger partial charge in [-0.2, -0.15) is 0 Å². The molecule has 0 spiro atoms. The smallest absolute Gasteiger partial charge is 0.273 e. The number of piperidine rings is 1. The number of hydrogen-bond donors (Lipinski definition) is 1. The summed E-state index contributed by atoms with van der Waals surface area (Å²) in [5, 5.41) is 4.71. The Labute approximate surface area is 115 Å². The second-order valence-electron chi connectivity index (χ2n) is 4.45. The highest BCUT2D eigenvalue weighted by atomic mass is 32.1. The van der Waals surface area contributed by atoms with Gasteiger partial charge in [-0.25, -0.2) is 4.98 Å². The second-order valence-corrected chi connectivity index (χ2v) is 5.30. The van der Waals surface area contributed by atoms with Gasteiger partial charge in [0.05, 0.1) is 6.10 Å². The second kappa shape index (κ2) is 6.12. The average molecular weight is 283 g/mol. The average Bonchev–Trinajstić information content (AvgIpc) is 2.85. The van der Waals surface area contributed by atoms with E-state index in [1.54, 1.807) is 17.4 Å². The third kappa shape index (κ3) is 3.51. The molecule has 0 unspecified atom stereocenters. The topological polar surface area (TPSA) is 71.5 Å². The van der Waals surface area contributed by atoms with Crippen LogP contribution < -0.4 is 5.32 Å². The summed E-state index contributed by atoms with van der Waals surface area (Å²) in [5.41, 5.74) is 0.393.